The number of aliphatic imine (C=N–C) groups is 3. The van der Waals surface area contributed by atoms with Crippen LogP contribution in [0.15, 0.2) is 79.8 Å². The first-order valence-electron chi connectivity index (χ1n) is 27.2. The van der Waals surface area contributed by atoms with Crippen LogP contribution in [0.5, 0.6) is 5.75 Å². The number of benzene rings is 3. The number of aryl methyl sites for hydroxylation is 1. The Hall–Kier alpha value is -6.35. The molecule has 16 nitrogen and oxygen atoms in total. The maximum Gasteiger partial charge on any atom is 0.329 e. The van der Waals surface area contributed by atoms with Crippen molar-refractivity contribution in [1.82, 2.24) is 34.5 Å². The van der Waals surface area contributed by atoms with Crippen molar-refractivity contribution in [2.45, 2.75) is 82.3 Å². The highest BCUT2D eigenvalue weighted by Gasteiger charge is 2.48. The summed E-state index contributed by atoms with van der Waals surface area (Å²) in [5.41, 5.74) is 3.80. The number of dihydropyridines is 1. The van der Waals surface area contributed by atoms with Crippen LogP contribution in [0.1, 0.15) is 81.4 Å². The molecule has 4 aromatic rings. The lowest BCUT2D eigenvalue weighted by molar-refractivity contribution is -0.135. The maximum absolute atomic E-state index is 17.4. The van der Waals surface area contributed by atoms with Crippen LogP contribution in [-0.4, -0.2) is 149 Å². The van der Waals surface area contributed by atoms with E-state index in [0.717, 1.165) is 133 Å². The van der Waals surface area contributed by atoms with Crippen molar-refractivity contribution in [3.05, 3.63) is 81.7 Å². The summed E-state index contributed by atoms with van der Waals surface area (Å²) < 4.78 is 27.2. The first-order chi connectivity index (χ1) is 36.0. The number of imidazole rings is 1. The normalized spacial score (nSPS) is 28.4. The first kappa shape index (κ1) is 47.4. The quantitative estimate of drug-likeness (QED) is 0.148. The molecule has 1 aromatic heterocycles. The molecule has 0 spiro atoms. The van der Waals surface area contributed by atoms with Gasteiger partial charge in [-0.2, -0.15) is 9.98 Å². The fourth-order valence-electron chi connectivity index (χ4n) is 13.9. The highest BCUT2D eigenvalue weighted by Crippen LogP contribution is 2.48. The molecule has 2 amide bonds. The molecule has 3 aromatic carbocycles. The average molecular weight is 1000 g/mol. The Labute approximate surface area is 430 Å². The minimum atomic E-state index is -0.696. The van der Waals surface area contributed by atoms with Crippen molar-refractivity contribution in [3.8, 4) is 18.1 Å². The number of hydrogen-bond donors (Lipinski definition) is 3. The predicted octanol–water partition coefficient (Wildman–Crippen LogP) is 5.32. The number of imide groups is 1. The van der Waals surface area contributed by atoms with Gasteiger partial charge in [-0.1, -0.05) is 18.1 Å². The molecule has 9 aliphatic rings. The van der Waals surface area contributed by atoms with Crippen molar-refractivity contribution in [3.63, 3.8) is 0 Å². The van der Waals surface area contributed by atoms with Gasteiger partial charge in [-0.15, -0.1) is 6.42 Å². The molecule has 7 fully saturated rings. The van der Waals surface area contributed by atoms with Gasteiger partial charge >= 0.3 is 11.7 Å². The van der Waals surface area contributed by atoms with Gasteiger partial charge in [-0.25, -0.2) is 9.18 Å². The standard InChI is InChI=1S/C57H66FN11O5/c1-3-35-5-4-6-38-25-42(70)27-43(49(35)38)51-50(58)52-44(28-59-51)53(68-30-39-23-36-7-8-37(36)24-40(31-68)60-39)63-55(62-52)74-33-57(15-16-57)32-66-21-19-65(20-22-66)29-34-13-17-67(18-14-34)41-9-10-45-47(26-41)64(2)56(73)69(45)46-11-12-48(71)61-54(46)72/h1,4-6,9-10,25-27,34,36-37,39-40,44,46,60,70H,7-8,11-24,28-33H2,2H3,(H,61,71,72). The Bertz CT molecular complexity index is 3160. The van der Waals surface area contributed by atoms with Crippen molar-refractivity contribution in [1.29, 1.82) is 0 Å². The molecule has 386 valence electrons. The maximum atomic E-state index is 17.4. The molecule has 74 heavy (non-hydrogen) atoms. The average Bonchev–Trinajstić information content (AvgIpc) is 4.14. The van der Waals surface area contributed by atoms with Gasteiger partial charge in [0.25, 0.3) is 0 Å². The number of phenols is 1. The Morgan fingerprint density at radius 1 is 0.878 bits per heavy atom. The summed E-state index contributed by atoms with van der Waals surface area (Å²) in [6.45, 7) is 10.3. The Morgan fingerprint density at radius 2 is 1.64 bits per heavy atom. The summed E-state index contributed by atoms with van der Waals surface area (Å²) in [5.74, 6) is 4.01. The molecule has 3 N–H and O–H groups in total. The predicted molar refractivity (Wildman–Crippen MR) is 283 cm³/mol. The second kappa shape index (κ2) is 18.8. The van der Waals surface area contributed by atoms with Gasteiger partial charge in [0.05, 0.1) is 35.8 Å². The zero-order chi connectivity index (χ0) is 50.4. The number of aromatic nitrogens is 2. The number of rotatable bonds is 9. The zero-order valence-corrected chi connectivity index (χ0v) is 42.3. The molecule has 2 saturated carbocycles. The molecule has 6 atom stereocenters. The number of hydrogen-bond acceptors (Lipinski definition) is 13. The number of aromatic hydroxyl groups is 1. The van der Waals surface area contributed by atoms with E-state index in [-0.39, 0.29) is 53.2 Å². The van der Waals surface area contributed by atoms with Crippen LogP contribution in [-0.2, 0) is 21.4 Å². The van der Waals surface area contributed by atoms with Crippen LogP contribution in [0.3, 0.4) is 0 Å². The van der Waals surface area contributed by atoms with Crippen molar-refractivity contribution in [2.24, 2.45) is 51.1 Å². The van der Waals surface area contributed by atoms with Crippen molar-refractivity contribution in [2.75, 3.05) is 83.5 Å². The van der Waals surface area contributed by atoms with Crippen molar-refractivity contribution < 1.29 is 23.8 Å². The molecule has 5 saturated heterocycles. The number of piperidine rings is 2. The Kier molecular flexibility index (Phi) is 12.0. The lowest BCUT2D eigenvalue weighted by Crippen LogP contribution is -2.59. The zero-order valence-electron chi connectivity index (χ0n) is 42.3. The lowest BCUT2D eigenvalue weighted by Gasteiger charge is -2.42. The number of nitrogens with zero attached hydrogens (tertiary/aromatic N) is 9. The third-order valence-corrected chi connectivity index (χ3v) is 18.3. The molecule has 8 heterocycles. The van der Waals surface area contributed by atoms with Crippen LogP contribution in [0.4, 0.5) is 10.1 Å². The highest BCUT2D eigenvalue weighted by atomic mass is 19.1. The number of phenolic OH excluding ortho intramolecular Hbond substituents is 1. The second-order valence-corrected chi connectivity index (χ2v) is 23.0. The summed E-state index contributed by atoms with van der Waals surface area (Å²) in [6, 6.07) is 15.0. The van der Waals surface area contributed by atoms with Crippen LogP contribution < -0.4 is 21.2 Å². The number of piperazine rings is 2. The van der Waals surface area contributed by atoms with E-state index < -0.39 is 23.7 Å². The Morgan fingerprint density at radius 3 is 2.35 bits per heavy atom. The van der Waals surface area contributed by atoms with Gasteiger partial charge in [0, 0.05) is 119 Å². The van der Waals surface area contributed by atoms with Crippen molar-refractivity contribution >= 4 is 56.9 Å². The summed E-state index contributed by atoms with van der Waals surface area (Å²) in [7, 11) is 1.75. The molecule has 0 radical (unpaired) electrons. The topological polar surface area (TPSA) is 165 Å². The molecule has 2 aliphatic carbocycles. The fraction of sp³-hybridized carbons (Fsp3) is 0.544. The number of carbonyl (C=O) groups excluding carboxylic acids is 2. The monoisotopic (exact) mass is 1000 g/mol. The molecule has 6 unspecified atom stereocenters. The molecular formula is C57H66FN11O5. The lowest BCUT2D eigenvalue weighted by atomic mass is 9.69. The molecule has 7 aliphatic heterocycles. The van der Waals surface area contributed by atoms with Gasteiger partial charge in [0.1, 0.15) is 23.3 Å². The number of allylic oxidation sites excluding steroid dienone is 1. The van der Waals surface area contributed by atoms with E-state index in [4.69, 9.17) is 26.1 Å². The van der Waals surface area contributed by atoms with Crippen LogP contribution >= 0.6 is 0 Å². The van der Waals surface area contributed by atoms with Gasteiger partial charge in [-0.05, 0) is 117 Å². The summed E-state index contributed by atoms with van der Waals surface area (Å²) in [4.78, 5) is 62.8. The smallest absolute Gasteiger partial charge is 0.329 e. The third-order valence-electron chi connectivity index (χ3n) is 18.3. The van der Waals surface area contributed by atoms with E-state index in [1.165, 1.54) is 12.8 Å². The minimum absolute atomic E-state index is 0.00554. The summed E-state index contributed by atoms with van der Waals surface area (Å²) in [5, 5.41) is 18.6. The number of ether oxygens (including phenoxy) is 1. The minimum Gasteiger partial charge on any atom is -0.508 e. The van der Waals surface area contributed by atoms with Crippen LogP contribution in [0.2, 0.25) is 0 Å². The van der Waals surface area contributed by atoms with E-state index in [1.807, 2.05) is 24.3 Å². The number of anilines is 1. The molecular weight excluding hydrogens is 938 g/mol. The third kappa shape index (κ3) is 8.69. The van der Waals surface area contributed by atoms with Gasteiger partial charge < -0.3 is 34.8 Å². The first-order valence-corrected chi connectivity index (χ1v) is 27.2. The summed E-state index contributed by atoms with van der Waals surface area (Å²) >= 11 is 0. The SMILES string of the molecule is C#Cc1cccc2cc(O)cc(C3=NCC4C(N5CC6CC7CCC7CC(C5)N6)=NC(OCC5(CN6CCN(CC7CCN(c8ccc9c(c8)n(C)c(=O)n9C8CCC(=O)NC8=O)CC7)CC6)CC5)=NC4=C3F)c12. The molecule has 13 rings (SSSR count). The van der Waals surface area contributed by atoms with Gasteiger partial charge in [0.2, 0.25) is 11.8 Å². The number of fused-ring (bicyclic) bond motifs is 6. The fourth-order valence-corrected chi connectivity index (χ4v) is 13.9. The van der Waals surface area contributed by atoms with E-state index in [1.54, 1.807) is 28.3 Å². The number of amidine groups is 2. The largest absolute Gasteiger partial charge is 0.508 e. The van der Waals surface area contributed by atoms with Crippen LogP contribution in [0, 0.1) is 41.4 Å². The van der Waals surface area contributed by atoms with Crippen LogP contribution in [0.25, 0.3) is 21.8 Å². The number of halogens is 1. The van der Waals surface area contributed by atoms with E-state index >= 15 is 4.39 Å². The second-order valence-electron chi connectivity index (χ2n) is 23.0. The van der Waals surface area contributed by atoms with Gasteiger partial charge in [0.15, 0.2) is 5.83 Å². The van der Waals surface area contributed by atoms with Gasteiger partial charge in [-0.3, -0.25) is 29.0 Å². The highest BCUT2D eigenvalue weighted by molar-refractivity contribution is 6.21. The Balaban J connectivity index is 0.655. The number of amides is 2. The molecule has 2 bridgehead atoms. The van der Waals surface area contributed by atoms with E-state index in [0.29, 0.717) is 58.4 Å². The number of nitrogens with one attached hydrogen (secondary N) is 2. The number of carbonyl (C=O) groups is 2. The van der Waals surface area contributed by atoms with E-state index in [2.05, 4.69) is 48.3 Å². The van der Waals surface area contributed by atoms with E-state index in [9.17, 15) is 19.5 Å². The summed E-state index contributed by atoms with van der Waals surface area (Å²) in [6.07, 6.45) is 15.7. The molecule has 17 heteroatoms. The number of terminal acetylenes is 1.